The maximum atomic E-state index is 10.8. The molecule has 6 nitrogen and oxygen atoms in total. The lowest BCUT2D eigenvalue weighted by molar-refractivity contribution is -0.385. The molecular formula is C14H20N4O2. The molecule has 0 aliphatic heterocycles. The Balaban J connectivity index is 2.85. The van der Waals surface area contributed by atoms with Crippen molar-refractivity contribution in [3.05, 3.63) is 27.9 Å². The van der Waals surface area contributed by atoms with Crippen LogP contribution in [0.2, 0.25) is 0 Å². The molecule has 20 heavy (non-hydrogen) atoms. The molecule has 1 unspecified atom stereocenters. The number of nitrogens with one attached hydrogen (secondary N) is 1. The van der Waals surface area contributed by atoms with E-state index in [-0.39, 0.29) is 11.4 Å². The molecule has 0 bridgehead atoms. The molecule has 6 heteroatoms. The molecule has 1 aromatic heterocycles. The first-order chi connectivity index (χ1) is 9.62. The first-order valence-corrected chi connectivity index (χ1v) is 6.94. The summed E-state index contributed by atoms with van der Waals surface area (Å²) in [7, 11) is 0. The van der Waals surface area contributed by atoms with Gasteiger partial charge in [-0.15, -0.1) is 0 Å². The molecule has 0 aliphatic rings. The zero-order chi connectivity index (χ0) is 15.0. The molecule has 0 fully saturated rings. The Bertz CT molecular complexity index is 496. The minimum Gasteiger partial charge on any atom is -0.367 e. The van der Waals surface area contributed by atoms with Gasteiger partial charge in [0, 0.05) is 12.1 Å². The number of aromatic nitrogens is 1. The lowest BCUT2D eigenvalue weighted by atomic mass is 10.1. The second-order valence-electron chi connectivity index (χ2n) is 4.71. The Morgan fingerprint density at radius 1 is 1.40 bits per heavy atom. The number of nitrogens with zero attached hydrogens (tertiary/aromatic N) is 3. The summed E-state index contributed by atoms with van der Waals surface area (Å²) in [6, 6.07) is 4.96. The van der Waals surface area contributed by atoms with Crippen LogP contribution >= 0.6 is 0 Å². The van der Waals surface area contributed by atoms with Crippen molar-refractivity contribution >= 4 is 11.5 Å². The van der Waals surface area contributed by atoms with Gasteiger partial charge in [0.15, 0.2) is 0 Å². The maximum absolute atomic E-state index is 10.8. The van der Waals surface area contributed by atoms with Crippen molar-refractivity contribution in [2.45, 2.75) is 52.0 Å². The highest BCUT2D eigenvalue weighted by Crippen LogP contribution is 2.20. The average molecular weight is 276 g/mol. The number of anilines is 1. The molecule has 1 aromatic rings. The van der Waals surface area contributed by atoms with Gasteiger partial charge in [-0.3, -0.25) is 10.1 Å². The molecule has 0 saturated heterocycles. The lowest BCUT2D eigenvalue weighted by Gasteiger charge is -2.18. The summed E-state index contributed by atoms with van der Waals surface area (Å²) in [5.41, 5.74) is -0.399. The van der Waals surface area contributed by atoms with Crippen molar-refractivity contribution in [3.63, 3.8) is 0 Å². The van der Waals surface area contributed by atoms with Crippen LogP contribution in [0.1, 0.15) is 51.6 Å². The quantitative estimate of drug-likeness (QED) is 0.578. The van der Waals surface area contributed by atoms with E-state index in [0.717, 1.165) is 32.1 Å². The van der Waals surface area contributed by atoms with Crippen molar-refractivity contribution in [1.82, 2.24) is 4.98 Å². The molecule has 1 heterocycles. The molecule has 1 rings (SSSR count). The van der Waals surface area contributed by atoms with Crippen molar-refractivity contribution in [3.8, 4) is 6.07 Å². The predicted molar refractivity (Wildman–Crippen MR) is 77.5 cm³/mol. The van der Waals surface area contributed by atoms with E-state index in [2.05, 4.69) is 24.1 Å². The fourth-order valence-corrected chi connectivity index (χ4v) is 2.06. The first kappa shape index (κ1) is 15.9. The topological polar surface area (TPSA) is 91.9 Å². The van der Waals surface area contributed by atoms with Crippen LogP contribution in [0.25, 0.3) is 0 Å². The number of hydrogen-bond donors (Lipinski definition) is 1. The van der Waals surface area contributed by atoms with Crippen molar-refractivity contribution < 1.29 is 4.92 Å². The number of nitriles is 1. The van der Waals surface area contributed by atoms with Gasteiger partial charge in [0.05, 0.1) is 4.92 Å². The van der Waals surface area contributed by atoms with Crippen molar-refractivity contribution in [2.24, 2.45) is 0 Å². The molecule has 0 radical (unpaired) electrons. The van der Waals surface area contributed by atoms with Gasteiger partial charge in [0.2, 0.25) is 5.69 Å². The Kier molecular flexibility index (Phi) is 6.44. The SMILES string of the molecule is CCCCC(CCC)Nc1ccc([N+](=O)[O-])c(C#N)n1. The van der Waals surface area contributed by atoms with Gasteiger partial charge in [-0.25, -0.2) is 4.98 Å². The standard InChI is InChI=1S/C14H20N4O2/c1-3-5-7-11(6-4-2)16-14-9-8-13(18(19)20)12(10-15)17-14/h8-9,11H,3-7H2,1-2H3,(H,16,17). The van der Waals surface area contributed by atoms with E-state index in [1.54, 1.807) is 12.1 Å². The van der Waals surface area contributed by atoms with Gasteiger partial charge < -0.3 is 5.32 Å². The lowest BCUT2D eigenvalue weighted by Crippen LogP contribution is -2.20. The molecule has 0 saturated carbocycles. The third kappa shape index (κ3) is 4.50. The van der Waals surface area contributed by atoms with Crippen LogP contribution in [0.5, 0.6) is 0 Å². The van der Waals surface area contributed by atoms with Gasteiger partial charge >= 0.3 is 5.69 Å². The van der Waals surface area contributed by atoms with E-state index < -0.39 is 4.92 Å². The van der Waals surface area contributed by atoms with E-state index in [4.69, 9.17) is 5.26 Å². The third-order valence-electron chi connectivity index (χ3n) is 3.07. The Labute approximate surface area is 119 Å². The van der Waals surface area contributed by atoms with Gasteiger partial charge in [-0.2, -0.15) is 5.26 Å². The molecule has 0 spiro atoms. The highest BCUT2D eigenvalue weighted by molar-refractivity contribution is 5.50. The van der Waals surface area contributed by atoms with Crippen LogP contribution in [-0.4, -0.2) is 15.9 Å². The van der Waals surface area contributed by atoms with Crippen molar-refractivity contribution in [2.75, 3.05) is 5.32 Å². The monoisotopic (exact) mass is 276 g/mol. The highest BCUT2D eigenvalue weighted by Gasteiger charge is 2.16. The summed E-state index contributed by atoms with van der Waals surface area (Å²) in [6.07, 6.45) is 5.35. The fourth-order valence-electron chi connectivity index (χ4n) is 2.06. The zero-order valence-corrected chi connectivity index (χ0v) is 11.9. The molecule has 0 amide bonds. The average Bonchev–Trinajstić information content (AvgIpc) is 2.44. The van der Waals surface area contributed by atoms with Gasteiger partial charge in [0.1, 0.15) is 11.9 Å². The molecule has 1 atom stereocenters. The summed E-state index contributed by atoms with van der Waals surface area (Å²) in [4.78, 5) is 14.2. The molecule has 0 aromatic carbocycles. The van der Waals surface area contributed by atoms with Crippen LogP contribution in [-0.2, 0) is 0 Å². The van der Waals surface area contributed by atoms with Gasteiger partial charge in [0.25, 0.3) is 0 Å². The van der Waals surface area contributed by atoms with Crippen LogP contribution in [0, 0.1) is 21.4 Å². The summed E-state index contributed by atoms with van der Waals surface area (Å²) >= 11 is 0. The smallest absolute Gasteiger partial charge is 0.305 e. The van der Waals surface area contributed by atoms with Crippen LogP contribution in [0.15, 0.2) is 12.1 Å². The Morgan fingerprint density at radius 3 is 2.70 bits per heavy atom. The number of pyridine rings is 1. The molecule has 108 valence electrons. The predicted octanol–water partition coefficient (Wildman–Crippen LogP) is 3.63. The Hall–Kier alpha value is -2.16. The van der Waals surface area contributed by atoms with E-state index in [1.165, 1.54) is 6.07 Å². The normalized spacial score (nSPS) is 11.7. The number of nitro groups is 1. The summed E-state index contributed by atoms with van der Waals surface area (Å²) in [5.74, 6) is 0.529. The van der Waals surface area contributed by atoms with Gasteiger partial charge in [-0.1, -0.05) is 33.1 Å². The second kappa shape index (κ2) is 8.10. The van der Waals surface area contributed by atoms with E-state index >= 15 is 0 Å². The van der Waals surface area contributed by atoms with E-state index in [9.17, 15) is 10.1 Å². The Morgan fingerprint density at radius 2 is 2.15 bits per heavy atom. The third-order valence-corrected chi connectivity index (χ3v) is 3.07. The first-order valence-electron chi connectivity index (χ1n) is 6.94. The number of hydrogen-bond acceptors (Lipinski definition) is 5. The van der Waals surface area contributed by atoms with E-state index in [1.807, 2.05) is 0 Å². The molecule has 1 N–H and O–H groups in total. The van der Waals surface area contributed by atoms with E-state index in [0.29, 0.717) is 11.9 Å². The second-order valence-corrected chi connectivity index (χ2v) is 4.71. The summed E-state index contributed by atoms with van der Waals surface area (Å²) < 4.78 is 0. The summed E-state index contributed by atoms with van der Waals surface area (Å²) in [6.45, 7) is 4.26. The van der Waals surface area contributed by atoms with Crippen LogP contribution in [0.3, 0.4) is 0 Å². The largest absolute Gasteiger partial charge is 0.367 e. The number of unbranched alkanes of at least 4 members (excludes halogenated alkanes) is 1. The van der Waals surface area contributed by atoms with Crippen LogP contribution in [0.4, 0.5) is 11.5 Å². The van der Waals surface area contributed by atoms with Crippen LogP contribution < -0.4 is 5.32 Å². The molecular weight excluding hydrogens is 256 g/mol. The fraction of sp³-hybridized carbons (Fsp3) is 0.571. The summed E-state index contributed by atoms with van der Waals surface area (Å²) in [5, 5.41) is 22.9. The minimum absolute atomic E-state index is 0.147. The highest BCUT2D eigenvalue weighted by atomic mass is 16.6. The number of rotatable bonds is 8. The molecule has 0 aliphatic carbocycles. The maximum Gasteiger partial charge on any atom is 0.305 e. The minimum atomic E-state index is -0.587. The van der Waals surface area contributed by atoms with Crippen molar-refractivity contribution in [1.29, 1.82) is 5.26 Å². The van der Waals surface area contributed by atoms with Gasteiger partial charge in [-0.05, 0) is 18.9 Å². The zero-order valence-electron chi connectivity index (χ0n) is 11.9.